The maximum absolute atomic E-state index is 12.1. The van der Waals surface area contributed by atoms with E-state index in [1.54, 1.807) is 12.5 Å². The second-order valence-corrected chi connectivity index (χ2v) is 6.11. The lowest BCUT2D eigenvalue weighted by atomic mass is 10.2. The number of imidazole rings is 2. The van der Waals surface area contributed by atoms with E-state index in [-0.39, 0.29) is 5.91 Å². The summed E-state index contributed by atoms with van der Waals surface area (Å²) >= 11 is 0. The first-order valence-electron chi connectivity index (χ1n) is 8.55. The van der Waals surface area contributed by atoms with E-state index < -0.39 is 0 Å². The second-order valence-electron chi connectivity index (χ2n) is 6.11. The second kappa shape index (κ2) is 7.23. The number of aromatic nitrogens is 4. The zero-order valence-electron chi connectivity index (χ0n) is 14.2. The van der Waals surface area contributed by atoms with Crippen molar-refractivity contribution in [3.05, 3.63) is 78.6 Å². The Kier molecular flexibility index (Phi) is 4.47. The van der Waals surface area contributed by atoms with E-state index >= 15 is 0 Å². The lowest BCUT2D eigenvalue weighted by Gasteiger charge is -2.07. The van der Waals surface area contributed by atoms with Gasteiger partial charge in [-0.25, -0.2) is 9.97 Å². The Balaban J connectivity index is 1.28. The number of nitrogens with one attached hydrogen (secondary N) is 2. The minimum atomic E-state index is 0.0177. The number of para-hydroxylation sites is 2. The van der Waals surface area contributed by atoms with Crippen LogP contribution < -0.4 is 5.32 Å². The fourth-order valence-corrected chi connectivity index (χ4v) is 2.84. The molecular formula is C20H19N5O. The number of aryl methyl sites for hydroxylation is 1. The molecule has 0 bridgehead atoms. The molecule has 0 fully saturated rings. The number of fused-ring (bicyclic) bond motifs is 1. The lowest BCUT2D eigenvalue weighted by Crippen LogP contribution is -2.23. The van der Waals surface area contributed by atoms with Gasteiger partial charge in [-0.2, -0.15) is 0 Å². The summed E-state index contributed by atoms with van der Waals surface area (Å²) in [7, 11) is 0. The Bertz CT molecular complexity index is 969. The lowest BCUT2D eigenvalue weighted by molar-refractivity contribution is -0.121. The van der Waals surface area contributed by atoms with Crippen LogP contribution in [-0.4, -0.2) is 25.4 Å². The van der Waals surface area contributed by atoms with Gasteiger partial charge in [0.1, 0.15) is 5.82 Å². The summed E-state index contributed by atoms with van der Waals surface area (Å²) in [5.41, 5.74) is 4.04. The molecule has 1 amide bonds. The number of nitrogens with zero attached hydrogens (tertiary/aromatic N) is 3. The number of carbonyl (C=O) groups is 1. The Morgan fingerprint density at radius 3 is 2.73 bits per heavy atom. The van der Waals surface area contributed by atoms with Gasteiger partial charge in [-0.3, -0.25) is 4.79 Å². The summed E-state index contributed by atoms with van der Waals surface area (Å²) in [6, 6.07) is 15.9. The van der Waals surface area contributed by atoms with Crippen molar-refractivity contribution in [1.82, 2.24) is 24.8 Å². The van der Waals surface area contributed by atoms with Crippen molar-refractivity contribution in [3.8, 4) is 5.69 Å². The van der Waals surface area contributed by atoms with Crippen LogP contribution in [0.5, 0.6) is 0 Å². The summed E-state index contributed by atoms with van der Waals surface area (Å²) in [4.78, 5) is 23.9. The van der Waals surface area contributed by atoms with Gasteiger partial charge in [0.2, 0.25) is 5.91 Å². The fourth-order valence-electron chi connectivity index (χ4n) is 2.84. The van der Waals surface area contributed by atoms with Crippen molar-refractivity contribution in [1.29, 1.82) is 0 Å². The first-order valence-corrected chi connectivity index (χ1v) is 8.55. The van der Waals surface area contributed by atoms with Gasteiger partial charge < -0.3 is 14.9 Å². The number of hydrogen-bond acceptors (Lipinski definition) is 3. The molecule has 0 atom stereocenters. The molecule has 0 aliphatic heterocycles. The van der Waals surface area contributed by atoms with Crippen molar-refractivity contribution >= 4 is 16.9 Å². The predicted octanol–water partition coefficient (Wildman–Crippen LogP) is 3.00. The van der Waals surface area contributed by atoms with E-state index in [1.165, 1.54) is 0 Å². The van der Waals surface area contributed by atoms with Gasteiger partial charge in [-0.05, 0) is 29.8 Å². The Morgan fingerprint density at radius 1 is 1.12 bits per heavy atom. The van der Waals surface area contributed by atoms with Crippen LogP contribution in [0.1, 0.15) is 17.8 Å². The maximum Gasteiger partial charge on any atom is 0.220 e. The van der Waals surface area contributed by atoms with E-state index in [2.05, 4.69) is 20.3 Å². The molecule has 0 radical (unpaired) electrons. The van der Waals surface area contributed by atoms with Crippen LogP contribution in [0.2, 0.25) is 0 Å². The van der Waals surface area contributed by atoms with E-state index in [0.29, 0.717) is 19.4 Å². The van der Waals surface area contributed by atoms with Gasteiger partial charge in [0, 0.05) is 37.5 Å². The minimum Gasteiger partial charge on any atom is -0.352 e. The number of aromatic amines is 1. The van der Waals surface area contributed by atoms with Crippen LogP contribution in [0.25, 0.3) is 16.7 Å². The molecule has 2 heterocycles. The molecule has 2 aromatic carbocycles. The number of amides is 1. The highest BCUT2D eigenvalue weighted by atomic mass is 16.1. The van der Waals surface area contributed by atoms with E-state index in [4.69, 9.17) is 0 Å². The first kappa shape index (κ1) is 16.1. The summed E-state index contributed by atoms with van der Waals surface area (Å²) in [5.74, 6) is 0.857. The molecule has 0 unspecified atom stereocenters. The smallest absolute Gasteiger partial charge is 0.220 e. The largest absolute Gasteiger partial charge is 0.352 e. The molecule has 6 heteroatoms. The quantitative estimate of drug-likeness (QED) is 0.564. The topological polar surface area (TPSA) is 75.6 Å². The average molecular weight is 345 g/mol. The molecule has 6 nitrogen and oxygen atoms in total. The molecular weight excluding hydrogens is 326 g/mol. The highest BCUT2D eigenvalue weighted by molar-refractivity contribution is 5.77. The van der Waals surface area contributed by atoms with Crippen molar-refractivity contribution in [3.63, 3.8) is 0 Å². The standard InChI is InChI=1S/C20H19N5O/c26-20(10-9-19-23-17-3-1-2-4-18(17)24-19)22-13-15-5-7-16(8-6-15)25-12-11-21-14-25/h1-8,11-12,14H,9-10,13H2,(H,22,26)(H,23,24). The third kappa shape index (κ3) is 3.64. The first-order chi connectivity index (χ1) is 12.8. The molecule has 4 rings (SSSR count). The van der Waals surface area contributed by atoms with E-state index in [9.17, 15) is 4.79 Å². The zero-order chi connectivity index (χ0) is 17.8. The summed E-state index contributed by atoms with van der Waals surface area (Å²) < 4.78 is 1.94. The van der Waals surface area contributed by atoms with Gasteiger partial charge in [-0.15, -0.1) is 0 Å². The number of benzene rings is 2. The molecule has 0 saturated heterocycles. The number of carbonyl (C=O) groups excluding carboxylic acids is 1. The van der Waals surface area contributed by atoms with E-state index in [0.717, 1.165) is 28.1 Å². The molecule has 0 aliphatic rings. The van der Waals surface area contributed by atoms with Crippen LogP contribution in [0, 0.1) is 0 Å². The fraction of sp³-hybridized carbons (Fsp3) is 0.150. The highest BCUT2D eigenvalue weighted by Gasteiger charge is 2.06. The molecule has 4 aromatic rings. The van der Waals surface area contributed by atoms with Gasteiger partial charge in [0.25, 0.3) is 0 Å². The molecule has 0 aliphatic carbocycles. The molecule has 2 N–H and O–H groups in total. The van der Waals surface area contributed by atoms with Crippen molar-refractivity contribution in [2.24, 2.45) is 0 Å². The monoisotopic (exact) mass is 345 g/mol. The van der Waals surface area contributed by atoms with Crippen LogP contribution in [0.15, 0.2) is 67.3 Å². The maximum atomic E-state index is 12.1. The molecule has 2 aromatic heterocycles. The molecule has 0 spiro atoms. The van der Waals surface area contributed by atoms with Crippen molar-refractivity contribution in [2.45, 2.75) is 19.4 Å². The predicted molar refractivity (Wildman–Crippen MR) is 99.8 cm³/mol. The number of rotatable bonds is 6. The van der Waals surface area contributed by atoms with Gasteiger partial charge in [0.15, 0.2) is 0 Å². The summed E-state index contributed by atoms with van der Waals surface area (Å²) in [5, 5.41) is 2.96. The average Bonchev–Trinajstić information content (AvgIpc) is 3.34. The normalized spacial score (nSPS) is 10.9. The van der Waals surface area contributed by atoms with E-state index in [1.807, 2.05) is 59.3 Å². The zero-order valence-corrected chi connectivity index (χ0v) is 14.2. The highest BCUT2D eigenvalue weighted by Crippen LogP contribution is 2.12. The van der Waals surface area contributed by atoms with Crippen LogP contribution in [0.3, 0.4) is 0 Å². The van der Waals surface area contributed by atoms with Crippen molar-refractivity contribution < 1.29 is 4.79 Å². The Hall–Kier alpha value is -3.41. The number of H-pyrrole nitrogens is 1. The third-order valence-corrected chi connectivity index (χ3v) is 4.26. The molecule has 0 saturated carbocycles. The van der Waals surface area contributed by atoms with Gasteiger partial charge in [-0.1, -0.05) is 24.3 Å². The summed E-state index contributed by atoms with van der Waals surface area (Å²) in [6.07, 6.45) is 6.41. The minimum absolute atomic E-state index is 0.0177. The van der Waals surface area contributed by atoms with Crippen molar-refractivity contribution in [2.75, 3.05) is 0 Å². The van der Waals surface area contributed by atoms with Crippen LogP contribution >= 0.6 is 0 Å². The van der Waals surface area contributed by atoms with Gasteiger partial charge in [0.05, 0.1) is 17.4 Å². The van der Waals surface area contributed by atoms with Crippen LogP contribution in [0.4, 0.5) is 0 Å². The Labute approximate surface area is 150 Å². The van der Waals surface area contributed by atoms with Gasteiger partial charge >= 0.3 is 0 Å². The summed E-state index contributed by atoms with van der Waals surface area (Å²) in [6.45, 7) is 0.517. The molecule has 130 valence electrons. The molecule has 26 heavy (non-hydrogen) atoms. The third-order valence-electron chi connectivity index (χ3n) is 4.26. The number of hydrogen-bond donors (Lipinski definition) is 2. The SMILES string of the molecule is O=C(CCc1nc2ccccc2[nH]1)NCc1ccc(-n2ccnc2)cc1. The van der Waals surface area contributed by atoms with Crippen LogP contribution in [-0.2, 0) is 17.8 Å². The Morgan fingerprint density at radius 2 is 1.96 bits per heavy atom.